The number of hydrogen-bond acceptors (Lipinski definition) is 5. The maximum Gasteiger partial charge on any atom is 0.243 e. The number of piperidine rings is 1. The van der Waals surface area contributed by atoms with Crippen molar-refractivity contribution in [1.82, 2.24) is 4.31 Å². The number of nitrogens with one attached hydrogen (secondary N) is 1. The van der Waals surface area contributed by atoms with Crippen LogP contribution >= 0.6 is 0 Å². The summed E-state index contributed by atoms with van der Waals surface area (Å²) in [5.74, 6) is 1.12. The van der Waals surface area contributed by atoms with Crippen LogP contribution < -0.4 is 10.1 Å². The topological polar surface area (TPSA) is 75.7 Å². The zero-order valence-electron chi connectivity index (χ0n) is 16.2. The molecule has 0 radical (unpaired) electrons. The van der Waals surface area contributed by atoms with Crippen molar-refractivity contribution in [3.63, 3.8) is 0 Å². The number of Topliss-reactive ketones (excluding diaryl/α,β-unsaturated/α-hetero) is 1. The molecule has 0 saturated carbocycles. The van der Waals surface area contributed by atoms with Gasteiger partial charge in [0.05, 0.1) is 18.6 Å². The first-order chi connectivity index (χ1) is 13.4. The second-order valence-electron chi connectivity index (χ2n) is 7.12. The first-order valence-corrected chi connectivity index (χ1v) is 10.9. The normalized spacial score (nSPS) is 15.9. The van der Waals surface area contributed by atoms with Crippen molar-refractivity contribution in [3.8, 4) is 5.75 Å². The van der Waals surface area contributed by atoms with E-state index in [2.05, 4.69) is 12.2 Å². The van der Waals surface area contributed by atoms with Crippen LogP contribution in [-0.4, -0.2) is 45.3 Å². The Morgan fingerprint density at radius 1 is 1.14 bits per heavy atom. The smallest absolute Gasteiger partial charge is 0.243 e. The third-order valence-electron chi connectivity index (χ3n) is 5.08. The first kappa shape index (κ1) is 20.4. The van der Waals surface area contributed by atoms with Crippen molar-refractivity contribution in [3.05, 3.63) is 54.1 Å². The molecule has 1 aliphatic rings. The lowest BCUT2D eigenvalue weighted by atomic mass is 10.0. The van der Waals surface area contributed by atoms with Crippen molar-refractivity contribution < 1.29 is 17.9 Å². The highest BCUT2D eigenvalue weighted by Gasteiger charge is 2.28. The second kappa shape index (κ2) is 8.75. The molecule has 1 fully saturated rings. The number of methoxy groups -OCH3 is 1. The minimum atomic E-state index is -3.57. The van der Waals surface area contributed by atoms with Crippen molar-refractivity contribution in [2.24, 2.45) is 5.92 Å². The number of rotatable bonds is 7. The van der Waals surface area contributed by atoms with E-state index in [0.717, 1.165) is 24.3 Å². The Bertz CT molecular complexity index is 918. The van der Waals surface area contributed by atoms with Gasteiger partial charge in [-0.3, -0.25) is 4.79 Å². The van der Waals surface area contributed by atoms with Gasteiger partial charge in [0.15, 0.2) is 5.78 Å². The molecule has 0 spiro atoms. The first-order valence-electron chi connectivity index (χ1n) is 9.41. The molecule has 0 bridgehead atoms. The predicted molar refractivity (Wildman–Crippen MR) is 109 cm³/mol. The predicted octanol–water partition coefficient (Wildman–Crippen LogP) is 3.41. The van der Waals surface area contributed by atoms with Gasteiger partial charge in [0.2, 0.25) is 10.0 Å². The van der Waals surface area contributed by atoms with Gasteiger partial charge in [0.25, 0.3) is 0 Å². The number of hydrogen-bond donors (Lipinski definition) is 1. The molecule has 2 aromatic carbocycles. The van der Waals surface area contributed by atoms with Gasteiger partial charge in [0, 0.05) is 24.3 Å². The lowest BCUT2D eigenvalue weighted by Gasteiger charge is -2.29. The van der Waals surface area contributed by atoms with Gasteiger partial charge >= 0.3 is 0 Å². The number of carbonyl (C=O) groups excluding carboxylic acids is 1. The van der Waals surface area contributed by atoms with E-state index in [9.17, 15) is 13.2 Å². The summed E-state index contributed by atoms with van der Waals surface area (Å²) in [7, 11) is -1.97. The zero-order chi connectivity index (χ0) is 20.1. The van der Waals surface area contributed by atoms with Crippen LogP contribution in [0.25, 0.3) is 0 Å². The third kappa shape index (κ3) is 4.72. The minimum absolute atomic E-state index is 0.0804. The Hall–Kier alpha value is -2.38. The monoisotopic (exact) mass is 402 g/mol. The van der Waals surface area contributed by atoms with E-state index in [4.69, 9.17) is 4.74 Å². The molecular formula is C21H26N2O4S. The summed E-state index contributed by atoms with van der Waals surface area (Å²) in [5.41, 5.74) is 1.17. The quantitative estimate of drug-likeness (QED) is 0.719. The van der Waals surface area contributed by atoms with Gasteiger partial charge in [-0.1, -0.05) is 19.1 Å². The SMILES string of the molecule is COc1ccc(NCC(=O)c2cccc(S(=O)(=O)N3CCC(C)CC3)c2)cc1. The summed E-state index contributed by atoms with van der Waals surface area (Å²) in [6.45, 7) is 3.28. The fourth-order valence-electron chi connectivity index (χ4n) is 3.20. The number of ketones is 1. The molecule has 6 nitrogen and oxygen atoms in total. The second-order valence-corrected chi connectivity index (χ2v) is 9.06. The van der Waals surface area contributed by atoms with Gasteiger partial charge in [0.1, 0.15) is 5.75 Å². The standard InChI is InChI=1S/C21H26N2O4S/c1-16-10-12-23(13-11-16)28(25,26)20-5-3-4-17(14-20)21(24)15-22-18-6-8-19(27-2)9-7-18/h3-9,14,16,22H,10-13,15H2,1-2H3. The van der Waals surface area contributed by atoms with Crippen LogP contribution in [0, 0.1) is 5.92 Å². The zero-order valence-corrected chi connectivity index (χ0v) is 17.0. The fraction of sp³-hybridized carbons (Fsp3) is 0.381. The number of ether oxygens (including phenoxy) is 1. The average Bonchev–Trinajstić information content (AvgIpc) is 2.72. The van der Waals surface area contributed by atoms with Crippen LogP contribution in [-0.2, 0) is 10.0 Å². The number of carbonyl (C=O) groups is 1. The number of benzene rings is 2. The van der Waals surface area contributed by atoms with Crippen LogP contribution in [0.5, 0.6) is 5.75 Å². The van der Waals surface area contributed by atoms with E-state index < -0.39 is 10.0 Å². The molecule has 0 unspecified atom stereocenters. The molecule has 3 rings (SSSR count). The molecule has 1 aliphatic heterocycles. The Morgan fingerprint density at radius 2 is 1.82 bits per heavy atom. The number of sulfonamides is 1. The molecule has 2 aromatic rings. The van der Waals surface area contributed by atoms with E-state index in [1.54, 1.807) is 37.4 Å². The maximum absolute atomic E-state index is 12.9. The van der Waals surface area contributed by atoms with Crippen molar-refractivity contribution in [2.75, 3.05) is 32.1 Å². The molecule has 0 aliphatic carbocycles. The lowest BCUT2D eigenvalue weighted by molar-refractivity contribution is 0.101. The highest BCUT2D eigenvalue weighted by Crippen LogP contribution is 2.24. The summed E-state index contributed by atoms with van der Waals surface area (Å²) in [4.78, 5) is 12.7. The maximum atomic E-state index is 12.9. The lowest BCUT2D eigenvalue weighted by Crippen LogP contribution is -2.37. The molecule has 150 valence electrons. The molecule has 1 N–H and O–H groups in total. The van der Waals surface area contributed by atoms with Crippen LogP contribution in [0.3, 0.4) is 0 Å². The minimum Gasteiger partial charge on any atom is -0.497 e. The Balaban J connectivity index is 1.68. The average molecular weight is 403 g/mol. The molecule has 7 heteroatoms. The highest BCUT2D eigenvalue weighted by atomic mass is 32.2. The van der Waals surface area contributed by atoms with Crippen LogP contribution in [0.4, 0.5) is 5.69 Å². The number of nitrogens with zero attached hydrogens (tertiary/aromatic N) is 1. The molecule has 1 heterocycles. The van der Waals surface area contributed by atoms with E-state index in [0.29, 0.717) is 24.6 Å². The Kier molecular flexibility index (Phi) is 6.36. The Labute approximate surface area is 166 Å². The highest BCUT2D eigenvalue weighted by molar-refractivity contribution is 7.89. The molecule has 28 heavy (non-hydrogen) atoms. The fourth-order valence-corrected chi connectivity index (χ4v) is 4.71. The molecule has 0 aromatic heterocycles. The van der Waals surface area contributed by atoms with Gasteiger partial charge in [-0.25, -0.2) is 8.42 Å². The summed E-state index contributed by atoms with van der Waals surface area (Å²) in [6, 6.07) is 13.6. The third-order valence-corrected chi connectivity index (χ3v) is 6.97. The van der Waals surface area contributed by atoms with E-state index in [1.165, 1.54) is 10.4 Å². The van der Waals surface area contributed by atoms with Crippen molar-refractivity contribution >= 4 is 21.5 Å². The van der Waals surface area contributed by atoms with Gasteiger partial charge in [-0.2, -0.15) is 4.31 Å². The number of anilines is 1. The van der Waals surface area contributed by atoms with Crippen molar-refractivity contribution in [1.29, 1.82) is 0 Å². The van der Waals surface area contributed by atoms with Crippen LogP contribution in [0.2, 0.25) is 0 Å². The summed E-state index contributed by atoms with van der Waals surface area (Å²) < 4.78 is 32.4. The van der Waals surface area contributed by atoms with Gasteiger partial charge < -0.3 is 10.1 Å². The summed E-state index contributed by atoms with van der Waals surface area (Å²) >= 11 is 0. The van der Waals surface area contributed by atoms with Crippen LogP contribution in [0.1, 0.15) is 30.1 Å². The van der Waals surface area contributed by atoms with Gasteiger partial charge in [-0.05, 0) is 55.2 Å². The van der Waals surface area contributed by atoms with E-state index in [1.807, 2.05) is 12.1 Å². The Morgan fingerprint density at radius 3 is 2.46 bits per heavy atom. The van der Waals surface area contributed by atoms with Crippen molar-refractivity contribution in [2.45, 2.75) is 24.7 Å². The largest absolute Gasteiger partial charge is 0.497 e. The molecule has 0 amide bonds. The van der Waals surface area contributed by atoms with Gasteiger partial charge in [-0.15, -0.1) is 0 Å². The molecule has 1 saturated heterocycles. The van der Waals surface area contributed by atoms with Crippen LogP contribution in [0.15, 0.2) is 53.4 Å². The van der Waals surface area contributed by atoms with E-state index >= 15 is 0 Å². The van der Waals surface area contributed by atoms with E-state index in [-0.39, 0.29) is 17.2 Å². The molecular weight excluding hydrogens is 376 g/mol. The summed E-state index contributed by atoms with van der Waals surface area (Å²) in [5, 5.41) is 3.06. The summed E-state index contributed by atoms with van der Waals surface area (Å²) in [6.07, 6.45) is 1.73. The molecule has 0 atom stereocenters.